The van der Waals surface area contributed by atoms with Crippen LogP contribution in [-0.4, -0.2) is 22.9 Å². The van der Waals surface area contributed by atoms with Gasteiger partial charge in [-0.3, -0.25) is 0 Å². The van der Waals surface area contributed by atoms with E-state index in [9.17, 15) is 10.2 Å². The Morgan fingerprint density at radius 3 is 2.78 bits per heavy atom. The number of nitrogens with zero attached hydrogens (tertiary/aromatic N) is 4. The monoisotopic (exact) mass is 310 g/mol. The van der Waals surface area contributed by atoms with Crippen molar-refractivity contribution < 1.29 is 10.2 Å². The van der Waals surface area contributed by atoms with E-state index in [0.717, 1.165) is 5.56 Å². The van der Waals surface area contributed by atoms with Gasteiger partial charge >= 0.3 is 0 Å². The van der Waals surface area contributed by atoms with Crippen LogP contribution >= 0.6 is 15.9 Å². The molecule has 0 saturated heterocycles. The highest BCUT2D eigenvalue weighted by Crippen LogP contribution is 2.24. The van der Waals surface area contributed by atoms with Crippen molar-refractivity contribution in [3.8, 4) is 6.07 Å². The van der Waals surface area contributed by atoms with E-state index in [1.165, 1.54) is 6.07 Å². The molecule has 2 unspecified atom stereocenters. The zero-order valence-corrected chi connectivity index (χ0v) is 10.9. The highest BCUT2D eigenvalue weighted by molar-refractivity contribution is 9.08. The molecule has 0 amide bonds. The van der Waals surface area contributed by atoms with Gasteiger partial charge in [-0.15, -0.1) is 0 Å². The predicted molar refractivity (Wildman–Crippen MR) is 68.8 cm³/mol. The van der Waals surface area contributed by atoms with Crippen LogP contribution < -0.4 is 0 Å². The summed E-state index contributed by atoms with van der Waals surface area (Å²) in [5, 5.41) is 32.2. The van der Waals surface area contributed by atoms with Crippen molar-refractivity contribution in [3.05, 3.63) is 45.3 Å². The molecule has 2 atom stereocenters. The Hall–Kier alpha value is -1.58. The first-order valence-corrected chi connectivity index (χ1v) is 6.22. The summed E-state index contributed by atoms with van der Waals surface area (Å²) in [5.41, 5.74) is 9.77. The predicted octanol–water partition coefficient (Wildman–Crippen LogP) is 2.16. The fraction of sp³-hybridized carbons (Fsp3) is 0.364. The largest absolute Gasteiger partial charge is 0.390 e. The average Bonchev–Trinajstić information content (AvgIpc) is 2.43. The number of azide groups is 1. The molecule has 6 nitrogen and oxygen atoms in total. The molecule has 7 heteroatoms. The van der Waals surface area contributed by atoms with Crippen LogP contribution in [0.5, 0.6) is 0 Å². The van der Waals surface area contributed by atoms with E-state index in [4.69, 9.17) is 10.8 Å². The molecule has 0 aromatic heterocycles. The number of aliphatic hydroxyl groups is 2. The third kappa shape index (κ3) is 3.45. The topological polar surface area (TPSA) is 113 Å². The standard InChI is InChI=1S/C11H11BrN4O2/c12-4-8-2-1-7(5-13)3-9(8)11(18)10(17)6-15-16-14/h1-3,10-11,17-18H,4,6H2. The van der Waals surface area contributed by atoms with E-state index in [1.54, 1.807) is 12.1 Å². The molecule has 1 aromatic carbocycles. The van der Waals surface area contributed by atoms with Gasteiger partial charge < -0.3 is 10.2 Å². The minimum Gasteiger partial charge on any atom is -0.390 e. The molecule has 0 aliphatic carbocycles. The summed E-state index contributed by atoms with van der Waals surface area (Å²) < 4.78 is 0. The first-order chi connectivity index (χ1) is 8.63. The zero-order valence-electron chi connectivity index (χ0n) is 9.36. The number of aliphatic hydroxyl groups excluding tert-OH is 2. The summed E-state index contributed by atoms with van der Waals surface area (Å²) in [5.74, 6) is 0. The van der Waals surface area contributed by atoms with Crippen LogP contribution in [0.15, 0.2) is 23.3 Å². The van der Waals surface area contributed by atoms with Gasteiger partial charge in [-0.1, -0.05) is 27.1 Å². The van der Waals surface area contributed by atoms with E-state index in [2.05, 4.69) is 26.0 Å². The van der Waals surface area contributed by atoms with Gasteiger partial charge in [-0.05, 0) is 28.8 Å². The molecule has 0 spiro atoms. The molecule has 0 saturated carbocycles. The number of alkyl halides is 1. The number of halogens is 1. The molecule has 0 heterocycles. The van der Waals surface area contributed by atoms with Crippen LogP contribution in [0.1, 0.15) is 22.8 Å². The smallest absolute Gasteiger partial charge is 0.105 e. The summed E-state index contributed by atoms with van der Waals surface area (Å²) in [6, 6.07) is 6.81. The first-order valence-electron chi connectivity index (χ1n) is 5.10. The van der Waals surface area contributed by atoms with Gasteiger partial charge in [-0.2, -0.15) is 5.26 Å². The summed E-state index contributed by atoms with van der Waals surface area (Å²) in [6.07, 6.45) is -2.40. The second-order valence-corrected chi connectivity index (χ2v) is 4.15. The Morgan fingerprint density at radius 1 is 1.50 bits per heavy atom. The molecule has 0 aliphatic heterocycles. The van der Waals surface area contributed by atoms with Gasteiger partial charge in [0.2, 0.25) is 0 Å². The maximum atomic E-state index is 9.98. The van der Waals surface area contributed by atoms with E-state index >= 15 is 0 Å². The molecule has 94 valence electrons. The number of hydrogen-bond donors (Lipinski definition) is 2. The van der Waals surface area contributed by atoms with Crippen molar-refractivity contribution in [1.29, 1.82) is 5.26 Å². The lowest BCUT2D eigenvalue weighted by molar-refractivity contribution is 0.0240. The van der Waals surface area contributed by atoms with E-state index < -0.39 is 12.2 Å². The highest BCUT2D eigenvalue weighted by atomic mass is 79.9. The Labute approximate surface area is 112 Å². The minimum atomic E-state index is -1.20. The van der Waals surface area contributed by atoms with Crippen LogP contribution in [0.3, 0.4) is 0 Å². The van der Waals surface area contributed by atoms with Gasteiger partial charge in [0.05, 0.1) is 24.3 Å². The second-order valence-electron chi connectivity index (χ2n) is 3.58. The number of benzene rings is 1. The molecule has 0 aliphatic rings. The molecule has 1 rings (SSSR count). The maximum absolute atomic E-state index is 9.98. The molecule has 0 fully saturated rings. The molecule has 1 aromatic rings. The summed E-state index contributed by atoms with van der Waals surface area (Å²) in [6.45, 7) is -0.226. The molecule has 0 bridgehead atoms. The van der Waals surface area contributed by atoms with Gasteiger partial charge in [-0.25, -0.2) is 0 Å². The zero-order chi connectivity index (χ0) is 13.5. The Bertz CT molecular complexity index is 508. The van der Waals surface area contributed by atoms with Crippen molar-refractivity contribution in [3.63, 3.8) is 0 Å². The fourth-order valence-corrected chi connectivity index (χ4v) is 2.00. The second kappa shape index (κ2) is 6.99. The summed E-state index contributed by atoms with van der Waals surface area (Å²) in [7, 11) is 0. The lowest BCUT2D eigenvalue weighted by atomic mass is 9.97. The quantitative estimate of drug-likeness (QED) is 0.376. The Kier molecular flexibility index (Phi) is 5.62. The Morgan fingerprint density at radius 2 is 2.22 bits per heavy atom. The number of rotatable bonds is 5. The highest BCUT2D eigenvalue weighted by Gasteiger charge is 2.20. The molecule has 0 radical (unpaired) electrons. The number of nitriles is 1. The molecular formula is C11H11BrN4O2. The first kappa shape index (κ1) is 14.5. The van der Waals surface area contributed by atoms with Crippen molar-refractivity contribution in [2.45, 2.75) is 17.5 Å². The maximum Gasteiger partial charge on any atom is 0.105 e. The third-order valence-corrected chi connectivity index (χ3v) is 3.04. The fourth-order valence-electron chi connectivity index (χ4n) is 1.49. The van der Waals surface area contributed by atoms with E-state index in [0.29, 0.717) is 16.5 Å². The van der Waals surface area contributed by atoms with Crippen LogP contribution in [0.25, 0.3) is 10.4 Å². The van der Waals surface area contributed by atoms with Crippen LogP contribution in [-0.2, 0) is 5.33 Å². The van der Waals surface area contributed by atoms with E-state index in [1.807, 2.05) is 6.07 Å². The number of hydrogen-bond acceptors (Lipinski definition) is 4. The average molecular weight is 311 g/mol. The van der Waals surface area contributed by atoms with Gasteiger partial charge in [0.15, 0.2) is 0 Å². The normalized spacial score (nSPS) is 13.2. The van der Waals surface area contributed by atoms with Gasteiger partial charge in [0.25, 0.3) is 0 Å². The van der Waals surface area contributed by atoms with Crippen molar-refractivity contribution >= 4 is 15.9 Å². The third-order valence-electron chi connectivity index (χ3n) is 2.43. The Balaban J connectivity index is 3.06. The van der Waals surface area contributed by atoms with Crippen LogP contribution in [0.2, 0.25) is 0 Å². The lowest BCUT2D eigenvalue weighted by Crippen LogP contribution is -2.22. The van der Waals surface area contributed by atoms with Crippen molar-refractivity contribution in [2.24, 2.45) is 5.11 Å². The van der Waals surface area contributed by atoms with E-state index in [-0.39, 0.29) is 6.54 Å². The minimum absolute atomic E-state index is 0.226. The van der Waals surface area contributed by atoms with Gasteiger partial charge in [0.1, 0.15) is 6.10 Å². The molecular weight excluding hydrogens is 300 g/mol. The molecule has 18 heavy (non-hydrogen) atoms. The molecule has 2 N–H and O–H groups in total. The van der Waals surface area contributed by atoms with Crippen LogP contribution in [0.4, 0.5) is 0 Å². The van der Waals surface area contributed by atoms with Gasteiger partial charge in [0, 0.05) is 10.2 Å². The summed E-state index contributed by atoms with van der Waals surface area (Å²) >= 11 is 3.27. The summed E-state index contributed by atoms with van der Waals surface area (Å²) in [4.78, 5) is 2.52. The van der Waals surface area contributed by atoms with Crippen LogP contribution in [0, 0.1) is 11.3 Å². The SMILES string of the molecule is N#Cc1ccc(CBr)c(C(O)C(O)CN=[N+]=[N-])c1. The van der Waals surface area contributed by atoms with Crippen molar-refractivity contribution in [1.82, 2.24) is 0 Å². The lowest BCUT2D eigenvalue weighted by Gasteiger charge is -2.19. The van der Waals surface area contributed by atoms with Crippen molar-refractivity contribution in [2.75, 3.05) is 6.54 Å².